The van der Waals surface area contributed by atoms with E-state index in [4.69, 9.17) is 9.84 Å². The van der Waals surface area contributed by atoms with Crippen LogP contribution in [0, 0.1) is 0 Å². The van der Waals surface area contributed by atoms with Gasteiger partial charge in [0.05, 0.1) is 13.0 Å². The Labute approximate surface area is 151 Å². The summed E-state index contributed by atoms with van der Waals surface area (Å²) >= 11 is 0. The molecule has 0 fully saturated rings. The number of unbranched alkanes of at least 4 members (excludes halogenated alkanes) is 8. The molecule has 0 bridgehead atoms. The number of hydrogen-bond acceptors (Lipinski definition) is 4. The van der Waals surface area contributed by atoms with Crippen molar-refractivity contribution in [2.75, 3.05) is 13.2 Å². The largest absolute Gasteiger partial charge is 0.478 e. The number of rotatable bonds is 16. The monoisotopic (exact) mass is 355 g/mol. The van der Waals surface area contributed by atoms with Crippen LogP contribution in [0.1, 0.15) is 77.6 Å². The predicted molar refractivity (Wildman–Crippen MR) is 97.2 cm³/mol. The van der Waals surface area contributed by atoms with Gasteiger partial charge in [-0.15, -0.1) is 0 Å². The number of ether oxygens (including phenoxy) is 1. The summed E-state index contributed by atoms with van der Waals surface area (Å²) in [4.78, 5) is 33.4. The number of aliphatic carboxylic acids is 1. The van der Waals surface area contributed by atoms with Crippen molar-refractivity contribution in [1.82, 2.24) is 5.32 Å². The minimum Gasteiger partial charge on any atom is -0.478 e. The molecule has 0 aromatic carbocycles. The van der Waals surface area contributed by atoms with E-state index in [-0.39, 0.29) is 31.1 Å². The Hall–Kier alpha value is -1.85. The maximum atomic E-state index is 11.6. The number of carbonyl (C=O) groups excluding carboxylic acids is 2. The molecular weight excluding hydrogens is 322 g/mol. The molecule has 144 valence electrons. The number of hydrogen-bond donors (Lipinski definition) is 2. The fraction of sp³-hybridized carbons (Fsp3) is 0.737. The molecule has 1 amide bonds. The van der Waals surface area contributed by atoms with Crippen molar-refractivity contribution in [3.63, 3.8) is 0 Å². The lowest BCUT2D eigenvalue weighted by molar-refractivity contribution is -0.144. The van der Waals surface area contributed by atoms with Gasteiger partial charge in [0.2, 0.25) is 5.91 Å². The van der Waals surface area contributed by atoms with Crippen molar-refractivity contribution >= 4 is 17.8 Å². The van der Waals surface area contributed by atoms with Gasteiger partial charge in [-0.05, 0) is 6.42 Å². The van der Waals surface area contributed by atoms with Gasteiger partial charge >= 0.3 is 11.9 Å². The highest BCUT2D eigenvalue weighted by Crippen LogP contribution is 2.10. The average Bonchev–Trinajstić information content (AvgIpc) is 2.57. The zero-order chi connectivity index (χ0) is 18.9. The number of esters is 1. The highest BCUT2D eigenvalue weighted by atomic mass is 16.5. The topological polar surface area (TPSA) is 92.7 Å². The summed E-state index contributed by atoms with van der Waals surface area (Å²) in [5, 5.41) is 11.3. The van der Waals surface area contributed by atoms with Gasteiger partial charge in [-0.25, -0.2) is 4.79 Å². The normalized spacial score (nSPS) is 10.3. The third-order valence-corrected chi connectivity index (χ3v) is 3.85. The molecule has 0 spiro atoms. The van der Waals surface area contributed by atoms with Crippen LogP contribution in [0.3, 0.4) is 0 Å². The fourth-order valence-electron chi connectivity index (χ4n) is 2.34. The summed E-state index contributed by atoms with van der Waals surface area (Å²) in [5.74, 6) is -1.92. The maximum Gasteiger partial charge on any atom is 0.331 e. The van der Waals surface area contributed by atoms with E-state index in [9.17, 15) is 14.4 Å². The van der Waals surface area contributed by atoms with Crippen LogP contribution < -0.4 is 5.32 Å². The van der Waals surface area contributed by atoms with Crippen LogP contribution in [-0.4, -0.2) is 36.1 Å². The van der Waals surface area contributed by atoms with Crippen molar-refractivity contribution < 1.29 is 24.2 Å². The minimum atomic E-state index is -1.22. The molecule has 0 atom stereocenters. The van der Waals surface area contributed by atoms with E-state index in [1.165, 1.54) is 44.9 Å². The lowest BCUT2D eigenvalue weighted by atomic mass is 10.1. The van der Waals surface area contributed by atoms with E-state index in [0.29, 0.717) is 6.42 Å². The van der Waals surface area contributed by atoms with Gasteiger partial charge in [0.25, 0.3) is 0 Å². The zero-order valence-corrected chi connectivity index (χ0v) is 15.5. The molecular formula is C19H33NO5. The molecule has 0 rings (SSSR count). The SMILES string of the molecule is C=C(CC(=O)OCCNC(=O)CCCCCCCCCCC)C(=O)O. The van der Waals surface area contributed by atoms with Crippen molar-refractivity contribution in [2.45, 2.75) is 77.6 Å². The molecule has 0 aliphatic rings. The van der Waals surface area contributed by atoms with Crippen molar-refractivity contribution in [2.24, 2.45) is 0 Å². The first-order valence-corrected chi connectivity index (χ1v) is 9.30. The van der Waals surface area contributed by atoms with Crippen molar-refractivity contribution in [1.29, 1.82) is 0 Å². The molecule has 6 nitrogen and oxygen atoms in total. The second-order valence-corrected chi connectivity index (χ2v) is 6.23. The summed E-state index contributed by atoms with van der Waals surface area (Å²) in [5.41, 5.74) is -0.209. The standard InChI is InChI=1S/C19H33NO5/c1-3-4-5-6-7-8-9-10-11-12-17(21)20-13-14-25-18(22)15-16(2)19(23)24/h2-15H2,1H3,(H,20,21)(H,23,24). The minimum absolute atomic E-state index is 0.0369. The average molecular weight is 355 g/mol. The predicted octanol–water partition coefficient (Wildman–Crippen LogP) is 3.60. The third-order valence-electron chi connectivity index (χ3n) is 3.85. The van der Waals surface area contributed by atoms with Crippen LogP contribution in [0.15, 0.2) is 12.2 Å². The second-order valence-electron chi connectivity index (χ2n) is 6.23. The van der Waals surface area contributed by atoms with Gasteiger partial charge in [-0.3, -0.25) is 9.59 Å². The molecule has 0 unspecified atom stereocenters. The molecule has 0 saturated carbocycles. The molecule has 2 N–H and O–H groups in total. The van der Waals surface area contributed by atoms with E-state index in [2.05, 4.69) is 18.8 Å². The molecule has 25 heavy (non-hydrogen) atoms. The smallest absolute Gasteiger partial charge is 0.331 e. The summed E-state index contributed by atoms with van der Waals surface area (Å²) in [6.45, 7) is 5.74. The highest BCUT2D eigenvalue weighted by Gasteiger charge is 2.11. The summed E-state index contributed by atoms with van der Waals surface area (Å²) in [6, 6.07) is 0. The number of amides is 1. The Kier molecular flexibility index (Phi) is 14.5. The van der Waals surface area contributed by atoms with Gasteiger partial charge in [0.15, 0.2) is 0 Å². The Morgan fingerprint density at radius 2 is 1.52 bits per heavy atom. The first kappa shape index (κ1) is 23.1. The van der Waals surface area contributed by atoms with Crippen LogP contribution >= 0.6 is 0 Å². The van der Waals surface area contributed by atoms with Crippen LogP contribution in [0.5, 0.6) is 0 Å². The van der Waals surface area contributed by atoms with Crippen LogP contribution in [-0.2, 0) is 19.1 Å². The molecule has 0 aliphatic heterocycles. The third kappa shape index (κ3) is 15.4. The van der Waals surface area contributed by atoms with Gasteiger partial charge in [-0.2, -0.15) is 0 Å². The fourth-order valence-corrected chi connectivity index (χ4v) is 2.34. The number of carboxylic acid groups (broad SMARTS) is 1. The van der Waals surface area contributed by atoms with Gasteiger partial charge in [0, 0.05) is 12.0 Å². The quantitative estimate of drug-likeness (QED) is 0.251. The van der Waals surface area contributed by atoms with Crippen molar-refractivity contribution in [3.05, 3.63) is 12.2 Å². The summed E-state index contributed by atoms with van der Waals surface area (Å²) in [6.07, 6.45) is 11.0. The van der Waals surface area contributed by atoms with Gasteiger partial charge < -0.3 is 15.2 Å². The number of nitrogens with one attached hydrogen (secondary N) is 1. The molecule has 0 heterocycles. The van der Waals surface area contributed by atoms with Gasteiger partial charge in [-0.1, -0.05) is 64.9 Å². The maximum absolute atomic E-state index is 11.6. The van der Waals surface area contributed by atoms with Gasteiger partial charge in [0.1, 0.15) is 6.61 Å². The van der Waals surface area contributed by atoms with E-state index in [0.717, 1.165) is 12.8 Å². The first-order valence-electron chi connectivity index (χ1n) is 9.30. The number of carboxylic acids is 1. The molecule has 0 aromatic heterocycles. The van der Waals surface area contributed by atoms with E-state index in [1.54, 1.807) is 0 Å². The Balaban J connectivity index is 3.43. The molecule has 0 aliphatic carbocycles. The zero-order valence-electron chi connectivity index (χ0n) is 15.5. The van der Waals surface area contributed by atoms with E-state index >= 15 is 0 Å². The lowest BCUT2D eigenvalue weighted by Gasteiger charge is -2.07. The lowest BCUT2D eigenvalue weighted by Crippen LogP contribution is -2.27. The Morgan fingerprint density at radius 3 is 2.08 bits per heavy atom. The second kappa shape index (κ2) is 15.7. The number of carbonyl (C=O) groups is 3. The van der Waals surface area contributed by atoms with Crippen LogP contribution in [0.25, 0.3) is 0 Å². The van der Waals surface area contributed by atoms with Crippen LogP contribution in [0.2, 0.25) is 0 Å². The Bertz CT molecular complexity index is 420. The molecule has 0 saturated heterocycles. The molecule has 6 heteroatoms. The summed E-state index contributed by atoms with van der Waals surface area (Å²) < 4.78 is 4.83. The first-order chi connectivity index (χ1) is 12.0. The molecule has 0 radical (unpaired) electrons. The Morgan fingerprint density at radius 1 is 0.960 bits per heavy atom. The van der Waals surface area contributed by atoms with Crippen LogP contribution in [0.4, 0.5) is 0 Å². The highest BCUT2D eigenvalue weighted by molar-refractivity contribution is 5.91. The molecule has 0 aromatic rings. The van der Waals surface area contributed by atoms with E-state index in [1.807, 2.05) is 0 Å². The van der Waals surface area contributed by atoms with E-state index < -0.39 is 11.9 Å². The van der Waals surface area contributed by atoms with Crippen molar-refractivity contribution in [3.8, 4) is 0 Å². The summed E-state index contributed by atoms with van der Waals surface area (Å²) in [7, 11) is 0.